The lowest BCUT2D eigenvalue weighted by Gasteiger charge is -2.09. The minimum Gasteiger partial charge on any atom is -0.356 e. The Morgan fingerprint density at radius 2 is 1.78 bits per heavy atom. The first-order chi connectivity index (χ1) is 13.2. The average Bonchev–Trinajstić information content (AvgIpc) is 3.16. The van der Waals surface area contributed by atoms with E-state index in [0.29, 0.717) is 5.56 Å². The van der Waals surface area contributed by atoms with Gasteiger partial charge in [-0.1, -0.05) is 53.7 Å². The molecule has 0 unspecified atom stereocenters. The van der Waals surface area contributed by atoms with Crippen molar-refractivity contribution in [2.24, 2.45) is 0 Å². The number of hydrogen-bond donors (Lipinski definition) is 0. The molecular weight excluding hydrogens is 334 g/mol. The Morgan fingerprint density at radius 1 is 0.926 bits per heavy atom. The van der Waals surface area contributed by atoms with Crippen molar-refractivity contribution in [1.29, 1.82) is 0 Å². The molecule has 0 atom stereocenters. The highest BCUT2D eigenvalue weighted by Crippen LogP contribution is 2.29. The smallest absolute Gasteiger partial charge is 0.167 e. The first-order valence-corrected chi connectivity index (χ1v) is 8.84. The van der Waals surface area contributed by atoms with E-state index < -0.39 is 0 Å². The highest BCUT2D eigenvalue weighted by molar-refractivity contribution is 5.85. The lowest BCUT2D eigenvalue weighted by atomic mass is 9.95. The molecule has 27 heavy (non-hydrogen) atoms. The summed E-state index contributed by atoms with van der Waals surface area (Å²) in [5, 5.41) is 4.85. The quantitative estimate of drug-likeness (QED) is 0.329. The van der Waals surface area contributed by atoms with Gasteiger partial charge in [0.25, 0.3) is 0 Å². The number of carbonyl (C=O) groups excluding carboxylic acids is 1. The number of hydrogen-bond acceptors (Lipinski definition) is 3. The van der Waals surface area contributed by atoms with E-state index in [4.69, 9.17) is 4.52 Å². The fourth-order valence-electron chi connectivity index (χ4n) is 3.27. The van der Waals surface area contributed by atoms with Gasteiger partial charge in [0, 0.05) is 10.9 Å². The van der Waals surface area contributed by atoms with Crippen LogP contribution in [-0.2, 0) is 0 Å². The first-order valence-electron chi connectivity index (χ1n) is 8.84. The fraction of sp³-hybridized carbons (Fsp3) is 0.0833. The van der Waals surface area contributed by atoms with Gasteiger partial charge in [-0.05, 0) is 65.4 Å². The topological polar surface area (TPSA) is 43.1 Å². The number of fused-ring (bicyclic) bond motifs is 1. The second-order valence-corrected chi connectivity index (χ2v) is 6.67. The monoisotopic (exact) mass is 353 g/mol. The maximum absolute atomic E-state index is 11.0. The van der Waals surface area contributed by atoms with Crippen LogP contribution in [0.25, 0.3) is 34.2 Å². The highest BCUT2D eigenvalue weighted by Gasteiger charge is 2.07. The summed E-state index contributed by atoms with van der Waals surface area (Å²) >= 11 is 0. The summed E-state index contributed by atoms with van der Waals surface area (Å²) in [6.45, 7) is 4.17. The maximum atomic E-state index is 11.0. The minimum absolute atomic E-state index is 0.686. The zero-order chi connectivity index (χ0) is 18.8. The van der Waals surface area contributed by atoms with Crippen LogP contribution in [0.4, 0.5) is 0 Å². The normalized spacial score (nSPS) is 11.3. The fourth-order valence-corrected chi connectivity index (χ4v) is 3.27. The van der Waals surface area contributed by atoms with Crippen molar-refractivity contribution < 1.29 is 9.32 Å². The van der Waals surface area contributed by atoms with Crippen molar-refractivity contribution in [2.45, 2.75) is 13.8 Å². The van der Waals surface area contributed by atoms with E-state index in [-0.39, 0.29) is 0 Å². The lowest BCUT2D eigenvalue weighted by molar-refractivity contribution is 0.112. The van der Waals surface area contributed by atoms with Crippen molar-refractivity contribution >= 4 is 29.4 Å². The van der Waals surface area contributed by atoms with Crippen LogP contribution < -0.4 is 0 Å². The number of benzene rings is 3. The summed E-state index contributed by atoms with van der Waals surface area (Å²) in [6, 6.07) is 18.1. The van der Waals surface area contributed by atoms with E-state index in [1.54, 1.807) is 6.20 Å². The molecule has 0 N–H and O–H groups in total. The molecule has 0 radical (unpaired) electrons. The van der Waals surface area contributed by atoms with Gasteiger partial charge in [-0.15, -0.1) is 0 Å². The van der Waals surface area contributed by atoms with Crippen molar-refractivity contribution in [1.82, 2.24) is 5.16 Å². The molecule has 0 aliphatic rings. The summed E-state index contributed by atoms with van der Waals surface area (Å²) in [5.74, 6) is 0. The van der Waals surface area contributed by atoms with E-state index in [0.717, 1.165) is 45.1 Å². The number of aryl methyl sites for hydroxylation is 1. The van der Waals surface area contributed by atoms with Crippen LogP contribution in [0.15, 0.2) is 65.3 Å². The van der Waals surface area contributed by atoms with Gasteiger partial charge in [0.05, 0.1) is 6.20 Å². The number of aromatic nitrogens is 1. The Bertz CT molecular complexity index is 1170. The molecule has 3 heteroatoms. The summed E-state index contributed by atoms with van der Waals surface area (Å²) in [4.78, 5) is 11.0. The highest BCUT2D eigenvalue weighted by atomic mass is 16.5. The molecule has 0 fully saturated rings. The van der Waals surface area contributed by atoms with E-state index in [1.165, 1.54) is 5.56 Å². The van der Waals surface area contributed by atoms with Gasteiger partial charge >= 0.3 is 0 Å². The van der Waals surface area contributed by atoms with E-state index >= 15 is 0 Å². The largest absolute Gasteiger partial charge is 0.356 e. The van der Waals surface area contributed by atoms with Crippen LogP contribution in [0, 0.1) is 13.8 Å². The van der Waals surface area contributed by atoms with E-state index in [2.05, 4.69) is 48.5 Å². The molecule has 4 aromatic rings. The van der Waals surface area contributed by atoms with Crippen molar-refractivity contribution in [2.75, 3.05) is 0 Å². The van der Waals surface area contributed by atoms with E-state index in [1.807, 2.05) is 37.3 Å². The maximum Gasteiger partial charge on any atom is 0.167 e. The zero-order valence-electron chi connectivity index (χ0n) is 15.3. The Hall–Kier alpha value is -3.46. The molecule has 3 aromatic carbocycles. The molecule has 1 aromatic heterocycles. The first kappa shape index (κ1) is 17.0. The summed E-state index contributed by atoms with van der Waals surface area (Å²) in [6.07, 6.45) is 6.76. The van der Waals surface area contributed by atoms with Crippen molar-refractivity contribution in [3.63, 3.8) is 0 Å². The zero-order valence-corrected chi connectivity index (χ0v) is 15.3. The lowest BCUT2D eigenvalue weighted by Crippen LogP contribution is -1.88. The summed E-state index contributed by atoms with van der Waals surface area (Å²) < 4.78 is 5.30. The number of carbonyl (C=O) groups is 1. The van der Waals surface area contributed by atoms with Gasteiger partial charge in [-0.3, -0.25) is 4.79 Å². The summed E-state index contributed by atoms with van der Waals surface area (Å²) in [7, 11) is 0. The molecule has 132 valence electrons. The van der Waals surface area contributed by atoms with Crippen molar-refractivity contribution in [3.05, 3.63) is 88.6 Å². The second kappa shape index (κ2) is 7.04. The molecule has 0 aliphatic carbocycles. The van der Waals surface area contributed by atoms with Crippen LogP contribution in [-0.4, -0.2) is 11.4 Å². The molecule has 0 amide bonds. The third-order valence-electron chi connectivity index (χ3n) is 4.92. The number of aldehydes is 1. The van der Waals surface area contributed by atoms with Gasteiger partial charge in [-0.2, -0.15) is 0 Å². The molecule has 0 aliphatic heterocycles. The predicted octanol–water partition coefficient (Wildman–Crippen LogP) is 6.09. The number of rotatable bonds is 4. The molecule has 0 spiro atoms. The Morgan fingerprint density at radius 3 is 2.63 bits per heavy atom. The predicted molar refractivity (Wildman–Crippen MR) is 110 cm³/mol. The van der Waals surface area contributed by atoms with Gasteiger partial charge in [0.15, 0.2) is 5.58 Å². The third-order valence-corrected chi connectivity index (χ3v) is 4.92. The van der Waals surface area contributed by atoms with Gasteiger partial charge < -0.3 is 4.52 Å². The van der Waals surface area contributed by atoms with Gasteiger partial charge in [-0.25, -0.2) is 0 Å². The van der Waals surface area contributed by atoms with Gasteiger partial charge in [0.2, 0.25) is 0 Å². The third kappa shape index (κ3) is 3.32. The van der Waals surface area contributed by atoms with Crippen LogP contribution in [0.3, 0.4) is 0 Å². The molecule has 1 heterocycles. The molecule has 4 rings (SSSR count). The second-order valence-electron chi connectivity index (χ2n) is 6.67. The minimum atomic E-state index is 0.686. The molecule has 0 bridgehead atoms. The van der Waals surface area contributed by atoms with Crippen LogP contribution >= 0.6 is 0 Å². The SMILES string of the molecule is Cc1ccc(C=O)cc1/C=C/c1cccc(-c2ccc3cnoc3c2)c1C. The summed E-state index contributed by atoms with van der Waals surface area (Å²) in [5.41, 5.74) is 8.26. The molecule has 0 saturated heterocycles. The van der Waals surface area contributed by atoms with Crippen LogP contribution in [0.5, 0.6) is 0 Å². The van der Waals surface area contributed by atoms with Crippen molar-refractivity contribution in [3.8, 4) is 11.1 Å². The standard InChI is InChI=1S/C24H19NO2/c1-16-6-7-18(15-26)12-20(16)9-8-19-4-3-5-23(17(19)2)21-10-11-22-14-25-27-24(22)13-21/h3-15H,1-2H3/b9-8+. The molecular formula is C24H19NO2. The van der Waals surface area contributed by atoms with E-state index in [9.17, 15) is 4.79 Å². The van der Waals surface area contributed by atoms with Crippen LogP contribution in [0.1, 0.15) is 32.6 Å². The molecule has 3 nitrogen and oxygen atoms in total. The Labute approximate surface area is 157 Å². The average molecular weight is 353 g/mol. The molecule has 0 saturated carbocycles. The Balaban J connectivity index is 1.73. The Kier molecular flexibility index (Phi) is 4.43. The van der Waals surface area contributed by atoms with Crippen LogP contribution in [0.2, 0.25) is 0 Å². The number of nitrogens with zero attached hydrogens (tertiary/aromatic N) is 1. The van der Waals surface area contributed by atoms with Gasteiger partial charge in [0.1, 0.15) is 6.29 Å².